The fourth-order valence-corrected chi connectivity index (χ4v) is 5.03. The molecule has 9 heteroatoms. The van der Waals surface area contributed by atoms with Gasteiger partial charge in [-0.15, -0.1) is 4.40 Å². The zero-order chi connectivity index (χ0) is 24.3. The van der Waals surface area contributed by atoms with E-state index in [-0.39, 0.29) is 16.6 Å². The van der Waals surface area contributed by atoms with E-state index in [1.165, 1.54) is 6.07 Å². The molecule has 0 radical (unpaired) electrons. The van der Waals surface area contributed by atoms with Gasteiger partial charge in [0.05, 0.1) is 0 Å². The fourth-order valence-electron chi connectivity index (χ4n) is 3.64. The van der Waals surface area contributed by atoms with E-state index in [1.807, 2.05) is 37.2 Å². The van der Waals surface area contributed by atoms with Gasteiger partial charge in [-0.25, -0.2) is 0 Å². The van der Waals surface area contributed by atoms with E-state index in [0.717, 1.165) is 12.1 Å². The zero-order valence-electron chi connectivity index (χ0n) is 18.9. The summed E-state index contributed by atoms with van der Waals surface area (Å²) in [6, 6.07) is 21.1. The van der Waals surface area contributed by atoms with E-state index < -0.39 is 10.0 Å². The second kappa shape index (κ2) is 9.97. The molecule has 0 saturated heterocycles. The van der Waals surface area contributed by atoms with Crippen LogP contribution in [0, 0.1) is 0 Å². The first-order valence-electron chi connectivity index (χ1n) is 10.7. The van der Waals surface area contributed by atoms with Gasteiger partial charge in [0.1, 0.15) is 4.90 Å². The molecule has 7 nitrogen and oxygen atoms in total. The number of amides is 1. The van der Waals surface area contributed by atoms with Crippen molar-refractivity contribution in [1.82, 2.24) is 9.80 Å². The molecule has 0 spiro atoms. The lowest BCUT2D eigenvalue weighted by atomic mass is 10.1. The fraction of sp³-hybridized carbons (Fsp3) is 0.200. The summed E-state index contributed by atoms with van der Waals surface area (Å²) in [4.78, 5) is 17.3. The standard InChI is InChI=1S/C25H25ClN4O3S/c1-29(2)14-15-30(17-18-6-5-7-20(26)16-18)25(31)19-10-12-21(13-11-19)27-24-22-8-3-4-9-23(22)34(32,33)28-24/h3-13,16H,14-15,17H2,1-2H3,(H,27,28). The predicted octanol–water partition coefficient (Wildman–Crippen LogP) is 4.11. The van der Waals surface area contributed by atoms with Crippen molar-refractivity contribution in [2.75, 3.05) is 32.5 Å². The lowest BCUT2D eigenvalue weighted by molar-refractivity contribution is 0.0732. The number of hydrogen-bond donors (Lipinski definition) is 1. The van der Waals surface area contributed by atoms with E-state index in [1.54, 1.807) is 53.4 Å². The Morgan fingerprint density at radius 3 is 2.41 bits per heavy atom. The minimum Gasteiger partial charge on any atom is -0.339 e. The number of likely N-dealkylation sites (N-methyl/N-ethyl adjacent to an activating group) is 1. The molecule has 0 atom stereocenters. The van der Waals surface area contributed by atoms with Crippen molar-refractivity contribution in [2.45, 2.75) is 11.4 Å². The summed E-state index contributed by atoms with van der Waals surface area (Å²) < 4.78 is 28.4. The van der Waals surface area contributed by atoms with Crippen molar-refractivity contribution < 1.29 is 13.2 Å². The molecule has 0 unspecified atom stereocenters. The number of amidine groups is 1. The second-order valence-electron chi connectivity index (χ2n) is 8.27. The van der Waals surface area contributed by atoms with Gasteiger partial charge in [0.25, 0.3) is 15.9 Å². The third kappa shape index (κ3) is 5.47. The van der Waals surface area contributed by atoms with Gasteiger partial charge in [0.15, 0.2) is 5.84 Å². The minimum atomic E-state index is -3.70. The average molecular weight is 497 g/mol. The maximum Gasteiger partial charge on any atom is 0.285 e. The Morgan fingerprint density at radius 1 is 0.971 bits per heavy atom. The summed E-state index contributed by atoms with van der Waals surface area (Å²) in [5, 5.41) is 3.69. The Labute approximate surface area is 204 Å². The monoisotopic (exact) mass is 496 g/mol. The van der Waals surface area contributed by atoms with Gasteiger partial charge in [0.2, 0.25) is 0 Å². The lowest BCUT2D eigenvalue weighted by Gasteiger charge is -2.25. The molecular weight excluding hydrogens is 472 g/mol. The Kier molecular flexibility index (Phi) is 7.02. The largest absolute Gasteiger partial charge is 0.339 e. The summed E-state index contributed by atoms with van der Waals surface area (Å²) in [5.74, 6) is 0.169. The normalized spacial score (nSPS) is 13.9. The van der Waals surface area contributed by atoms with Crippen molar-refractivity contribution >= 4 is 39.1 Å². The van der Waals surface area contributed by atoms with Crippen LogP contribution in [0.25, 0.3) is 0 Å². The van der Waals surface area contributed by atoms with E-state index in [0.29, 0.717) is 34.9 Å². The van der Waals surface area contributed by atoms with E-state index in [4.69, 9.17) is 11.6 Å². The van der Waals surface area contributed by atoms with Crippen LogP contribution < -0.4 is 5.32 Å². The number of hydrogen-bond acceptors (Lipinski definition) is 5. The number of fused-ring (bicyclic) bond motifs is 1. The van der Waals surface area contributed by atoms with Crippen LogP contribution in [0.3, 0.4) is 0 Å². The number of carbonyl (C=O) groups excluding carboxylic acids is 1. The number of sulfonamides is 1. The van der Waals surface area contributed by atoms with Gasteiger partial charge in [-0.1, -0.05) is 35.9 Å². The number of carbonyl (C=O) groups is 1. The molecule has 1 aliphatic heterocycles. The molecule has 0 bridgehead atoms. The van der Waals surface area contributed by atoms with Crippen LogP contribution in [0.2, 0.25) is 5.02 Å². The maximum absolute atomic E-state index is 13.3. The highest BCUT2D eigenvalue weighted by molar-refractivity contribution is 7.90. The average Bonchev–Trinajstić information content (AvgIpc) is 3.06. The smallest absolute Gasteiger partial charge is 0.285 e. The summed E-state index contributed by atoms with van der Waals surface area (Å²) in [6.07, 6.45) is 0. The predicted molar refractivity (Wildman–Crippen MR) is 135 cm³/mol. The third-order valence-electron chi connectivity index (χ3n) is 5.39. The molecule has 0 aromatic heterocycles. The molecule has 1 heterocycles. The number of nitrogens with one attached hydrogen (secondary N) is 1. The van der Waals surface area contributed by atoms with Crippen molar-refractivity contribution in [3.63, 3.8) is 0 Å². The topological polar surface area (TPSA) is 82.1 Å². The van der Waals surface area contributed by atoms with Crippen molar-refractivity contribution in [1.29, 1.82) is 0 Å². The Bertz CT molecular complexity index is 1340. The van der Waals surface area contributed by atoms with Crippen LogP contribution >= 0.6 is 11.6 Å². The van der Waals surface area contributed by atoms with Crippen LogP contribution in [0.15, 0.2) is 82.1 Å². The number of anilines is 1. The molecule has 0 fully saturated rings. The molecule has 34 heavy (non-hydrogen) atoms. The quantitative estimate of drug-likeness (QED) is 0.532. The molecule has 1 aliphatic rings. The summed E-state index contributed by atoms with van der Waals surface area (Å²) in [6.45, 7) is 1.72. The van der Waals surface area contributed by atoms with Crippen molar-refractivity contribution in [3.8, 4) is 0 Å². The lowest BCUT2D eigenvalue weighted by Crippen LogP contribution is -2.36. The van der Waals surface area contributed by atoms with Crippen molar-refractivity contribution in [3.05, 3.63) is 94.5 Å². The number of benzene rings is 3. The van der Waals surface area contributed by atoms with E-state index in [2.05, 4.69) is 9.71 Å². The van der Waals surface area contributed by atoms with Gasteiger partial charge < -0.3 is 15.1 Å². The Hall–Kier alpha value is -3.20. The zero-order valence-corrected chi connectivity index (χ0v) is 20.5. The molecule has 4 rings (SSSR count). The SMILES string of the molecule is CN(C)CCN(Cc1cccc(Cl)c1)C(=O)c1ccc(NC2=NS(=O)(=O)c3ccccc32)cc1. The van der Waals surface area contributed by atoms with Crippen LogP contribution in [-0.4, -0.2) is 57.1 Å². The minimum absolute atomic E-state index is 0.0977. The van der Waals surface area contributed by atoms with Gasteiger partial charge in [-0.3, -0.25) is 4.79 Å². The molecular formula is C25H25ClN4O3S. The Balaban J connectivity index is 1.51. The number of rotatable bonds is 7. The highest BCUT2D eigenvalue weighted by Crippen LogP contribution is 2.27. The van der Waals surface area contributed by atoms with Crippen LogP contribution in [-0.2, 0) is 16.6 Å². The first kappa shape index (κ1) is 23.9. The molecule has 0 saturated carbocycles. The first-order chi connectivity index (χ1) is 16.2. The van der Waals surface area contributed by atoms with Gasteiger partial charge in [-0.05, 0) is 68.2 Å². The summed E-state index contributed by atoms with van der Waals surface area (Å²) in [5.41, 5.74) is 2.65. The van der Waals surface area contributed by atoms with Crippen molar-refractivity contribution in [2.24, 2.45) is 4.40 Å². The summed E-state index contributed by atoms with van der Waals surface area (Å²) in [7, 11) is 0.227. The highest BCUT2D eigenvalue weighted by Gasteiger charge is 2.28. The highest BCUT2D eigenvalue weighted by atomic mass is 35.5. The third-order valence-corrected chi connectivity index (χ3v) is 6.96. The van der Waals surface area contributed by atoms with E-state index in [9.17, 15) is 13.2 Å². The molecule has 3 aromatic rings. The first-order valence-corrected chi connectivity index (χ1v) is 12.5. The molecule has 0 aliphatic carbocycles. The van der Waals surface area contributed by atoms with Crippen LogP contribution in [0.4, 0.5) is 5.69 Å². The van der Waals surface area contributed by atoms with Crippen LogP contribution in [0.5, 0.6) is 0 Å². The molecule has 1 N–H and O–H groups in total. The number of halogens is 1. The molecule has 1 amide bonds. The molecule has 176 valence electrons. The number of nitrogens with zero attached hydrogens (tertiary/aromatic N) is 3. The van der Waals surface area contributed by atoms with Gasteiger partial charge in [-0.2, -0.15) is 8.42 Å². The second-order valence-corrected chi connectivity index (χ2v) is 10.3. The van der Waals surface area contributed by atoms with Gasteiger partial charge >= 0.3 is 0 Å². The van der Waals surface area contributed by atoms with E-state index >= 15 is 0 Å². The molecule has 3 aromatic carbocycles. The van der Waals surface area contributed by atoms with Crippen LogP contribution in [0.1, 0.15) is 21.5 Å². The Morgan fingerprint density at radius 2 is 1.71 bits per heavy atom. The maximum atomic E-state index is 13.3. The van der Waals surface area contributed by atoms with Gasteiger partial charge in [0, 0.05) is 41.5 Å². The summed E-state index contributed by atoms with van der Waals surface area (Å²) >= 11 is 6.12.